The maximum atomic E-state index is 11.5. The molecule has 0 aromatic heterocycles. The van der Waals surface area contributed by atoms with Crippen molar-refractivity contribution in [1.82, 2.24) is 4.31 Å². The summed E-state index contributed by atoms with van der Waals surface area (Å²) in [6.45, 7) is 3.50. The number of aliphatic hydroxyl groups is 1. The summed E-state index contributed by atoms with van der Waals surface area (Å²) >= 11 is 5.37. The number of hydrogen-bond acceptors (Lipinski definition) is 3. The number of rotatable bonds is 6. The Morgan fingerprint density at radius 2 is 2.00 bits per heavy atom. The molecule has 1 N–H and O–H groups in total. The molecule has 0 bridgehead atoms. The number of hydrogen-bond donors (Lipinski definition) is 1. The largest absolute Gasteiger partial charge is 0.395 e. The molecule has 0 spiro atoms. The lowest BCUT2D eigenvalue weighted by molar-refractivity contribution is 0.237. The molecule has 0 heterocycles. The number of sulfonamides is 1. The van der Waals surface area contributed by atoms with Gasteiger partial charge in [0.05, 0.1) is 12.4 Å². The number of alkyl halides is 1. The van der Waals surface area contributed by atoms with Crippen LogP contribution in [0.25, 0.3) is 0 Å². The molecule has 0 fully saturated rings. The highest BCUT2D eigenvalue weighted by atomic mass is 35.5. The van der Waals surface area contributed by atoms with Crippen molar-refractivity contribution in [2.75, 3.05) is 24.8 Å². The third-order valence-corrected chi connectivity index (χ3v) is 4.04. The van der Waals surface area contributed by atoms with E-state index >= 15 is 0 Å². The van der Waals surface area contributed by atoms with Gasteiger partial charge in [0.1, 0.15) is 0 Å². The van der Waals surface area contributed by atoms with Crippen LogP contribution in [0, 0.1) is 0 Å². The second-order valence-corrected chi connectivity index (χ2v) is 5.35. The van der Waals surface area contributed by atoms with Crippen molar-refractivity contribution in [3.63, 3.8) is 0 Å². The van der Waals surface area contributed by atoms with E-state index in [0.29, 0.717) is 0 Å². The van der Waals surface area contributed by atoms with Gasteiger partial charge in [-0.3, -0.25) is 0 Å². The molecular weight excluding hydrogens is 214 g/mol. The number of halogens is 1. The Morgan fingerprint density at radius 1 is 1.46 bits per heavy atom. The van der Waals surface area contributed by atoms with Gasteiger partial charge < -0.3 is 5.11 Å². The van der Waals surface area contributed by atoms with Crippen LogP contribution >= 0.6 is 11.6 Å². The van der Waals surface area contributed by atoms with Crippen LogP contribution in [0.5, 0.6) is 0 Å². The lowest BCUT2D eigenvalue weighted by Gasteiger charge is -2.24. The molecule has 0 aliphatic heterocycles. The van der Waals surface area contributed by atoms with Crippen molar-refractivity contribution in [3.05, 3.63) is 0 Å². The Bertz CT molecular complexity index is 228. The van der Waals surface area contributed by atoms with Crippen molar-refractivity contribution < 1.29 is 13.5 Å². The lowest BCUT2D eigenvalue weighted by Crippen LogP contribution is -2.40. The third-order valence-electron chi connectivity index (χ3n) is 1.59. The summed E-state index contributed by atoms with van der Waals surface area (Å²) < 4.78 is 24.2. The molecule has 0 rings (SSSR count). The zero-order valence-corrected chi connectivity index (χ0v) is 9.48. The van der Waals surface area contributed by atoms with Gasteiger partial charge in [-0.25, -0.2) is 8.42 Å². The summed E-state index contributed by atoms with van der Waals surface area (Å²) in [6, 6.07) is -0.139. The molecule has 80 valence electrons. The minimum atomic E-state index is -3.29. The van der Waals surface area contributed by atoms with E-state index in [9.17, 15) is 8.42 Å². The maximum absolute atomic E-state index is 11.5. The van der Waals surface area contributed by atoms with E-state index in [4.69, 9.17) is 16.7 Å². The van der Waals surface area contributed by atoms with Crippen LogP contribution in [-0.4, -0.2) is 48.7 Å². The van der Waals surface area contributed by atoms with Crippen LogP contribution in [0.1, 0.15) is 13.8 Å². The first-order chi connectivity index (χ1) is 5.95. The molecule has 0 aromatic carbocycles. The fourth-order valence-electron chi connectivity index (χ4n) is 1.03. The van der Waals surface area contributed by atoms with Gasteiger partial charge in [0.15, 0.2) is 0 Å². The molecule has 0 saturated carbocycles. The van der Waals surface area contributed by atoms with E-state index in [-0.39, 0.29) is 30.8 Å². The Hall–Kier alpha value is 0.160. The fraction of sp³-hybridized carbons (Fsp3) is 1.00. The third kappa shape index (κ3) is 4.26. The number of aliphatic hydroxyl groups excluding tert-OH is 1. The highest BCUT2D eigenvalue weighted by molar-refractivity contribution is 7.89. The van der Waals surface area contributed by atoms with Gasteiger partial charge in [0.2, 0.25) is 10.0 Å². The smallest absolute Gasteiger partial charge is 0.215 e. The molecule has 0 amide bonds. The first kappa shape index (κ1) is 13.2. The Kier molecular flexibility index (Phi) is 5.87. The molecule has 6 heteroatoms. The SMILES string of the molecule is CC(C)N(CCO)S(=O)(=O)CCCl. The molecule has 0 saturated heterocycles. The van der Waals surface area contributed by atoms with Crippen LogP contribution < -0.4 is 0 Å². The molecule has 0 radical (unpaired) electrons. The van der Waals surface area contributed by atoms with E-state index < -0.39 is 10.0 Å². The van der Waals surface area contributed by atoms with Crippen molar-refractivity contribution in [1.29, 1.82) is 0 Å². The minimum Gasteiger partial charge on any atom is -0.395 e. The first-order valence-electron chi connectivity index (χ1n) is 4.12. The average Bonchev–Trinajstić information content (AvgIpc) is 1.99. The second-order valence-electron chi connectivity index (χ2n) is 2.93. The van der Waals surface area contributed by atoms with Crippen molar-refractivity contribution >= 4 is 21.6 Å². The highest BCUT2D eigenvalue weighted by Crippen LogP contribution is 2.07. The molecule has 13 heavy (non-hydrogen) atoms. The van der Waals surface area contributed by atoms with E-state index in [1.165, 1.54) is 4.31 Å². The second kappa shape index (κ2) is 5.80. The van der Waals surface area contributed by atoms with Crippen LogP contribution in [0.15, 0.2) is 0 Å². The monoisotopic (exact) mass is 229 g/mol. The summed E-state index contributed by atoms with van der Waals surface area (Å²) in [5, 5.41) is 8.68. The molecule has 4 nitrogen and oxygen atoms in total. The van der Waals surface area contributed by atoms with Gasteiger partial charge in [0.25, 0.3) is 0 Å². The fourth-order valence-corrected chi connectivity index (χ4v) is 3.05. The molecule has 0 aliphatic rings. The average molecular weight is 230 g/mol. The Balaban J connectivity index is 4.53. The normalized spacial score (nSPS) is 12.8. The van der Waals surface area contributed by atoms with Gasteiger partial charge in [-0.15, -0.1) is 11.6 Å². The Labute approximate surface area is 84.5 Å². The van der Waals surface area contributed by atoms with Crippen molar-refractivity contribution in [2.45, 2.75) is 19.9 Å². The van der Waals surface area contributed by atoms with Gasteiger partial charge in [-0.2, -0.15) is 4.31 Å². The summed E-state index contributed by atoms with van der Waals surface area (Å²) in [7, 11) is -3.29. The Morgan fingerprint density at radius 3 is 2.31 bits per heavy atom. The van der Waals surface area contributed by atoms with Gasteiger partial charge in [-0.05, 0) is 13.8 Å². The van der Waals surface area contributed by atoms with Crippen LogP contribution in [-0.2, 0) is 10.0 Å². The van der Waals surface area contributed by atoms with Crippen LogP contribution in [0.3, 0.4) is 0 Å². The van der Waals surface area contributed by atoms with E-state index in [0.717, 1.165) is 0 Å². The topological polar surface area (TPSA) is 57.6 Å². The first-order valence-corrected chi connectivity index (χ1v) is 6.26. The predicted molar refractivity (Wildman–Crippen MR) is 53.4 cm³/mol. The zero-order valence-electron chi connectivity index (χ0n) is 7.90. The molecule has 0 aliphatic carbocycles. The summed E-state index contributed by atoms with van der Waals surface area (Å²) in [5.41, 5.74) is 0. The maximum Gasteiger partial charge on any atom is 0.215 e. The van der Waals surface area contributed by atoms with E-state index in [1.807, 2.05) is 0 Å². The zero-order chi connectivity index (χ0) is 10.5. The minimum absolute atomic E-state index is 0.0767. The summed E-state index contributed by atoms with van der Waals surface area (Å²) in [4.78, 5) is 0. The molecule has 0 atom stereocenters. The summed E-state index contributed by atoms with van der Waals surface area (Å²) in [6.07, 6.45) is 0. The van der Waals surface area contributed by atoms with Crippen LogP contribution in [0.4, 0.5) is 0 Å². The predicted octanol–water partition coefficient (Wildman–Crippen LogP) is 0.258. The summed E-state index contributed by atoms with van der Waals surface area (Å²) in [5.74, 6) is 0.00369. The van der Waals surface area contributed by atoms with Gasteiger partial charge in [-0.1, -0.05) is 0 Å². The molecule has 0 aromatic rings. The van der Waals surface area contributed by atoms with Gasteiger partial charge >= 0.3 is 0 Å². The number of nitrogens with zero attached hydrogens (tertiary/aromatic N) is 1. The van der Waals surface area contributed by atoms with Gasteiger partial charge in [0, 0.05) is 18.5 Å². The lowest BCUT2D eigenvalue weighted by atomic mass is 10.4. The van der Waals surface area contributed by atoms with Crippen LogP contribution in [0.2, 0.25) is 0 Å². The van der Waals surface area contributed by atoms with Crippen molar-refractivity contribution in [2.24, 2.45) is 0 Å². The molecule has 0 unspecified atom stereocenters. The van der Waals surface area contributed by atoms with E-state index in [1.54, 1.807) is 13.8 Å². The molecular formula is C7H16ClNO3S. The van der Waals surface area contributed by atoms with E-state index in [2.05, 4.69) is 0 Å². The van der Waals surface area contributed by atoms with Crippen molar-refractivity contribution in [3.8, 4) is 0 Å². The standard InChI is InChI=1S/C7H16ClNO3S/c1-7(2)9(4-5-10)13(11,12)6-3-8/h7,10H,3-6H2,1-2H3. The quantitative estimate of drug-likeness (QED) is 0.665. The highest BCUT2D eigenvalue weighted by Gasteiger charge is 2.23.